The average molecular weight is 276 g/mol. The topological polar surface area (TPSA) is 35.5 Å². The molecule has 20 heavy (non-hydrogen) atoms. The Morgan fingerprint density at radius 2 is 1.75 bits per heavy atom. The van der Waals surface area contributed by atoms with Crippen molar-refractivity contribution in [2.45, 2.75) is 52.1 Å². The van der Waals surface area contributed by atoms with E-state index >= 15 is 0 Å². The van der Waals surface area contributed by atoms with Crippen molar-refractivity contribution in [2.24, 2.45) is 5.92 Å². The van der Waals surface area contributed by atoms with E-state index < -0.39 is 0 Å². The third kappa shape index (κ3) is 3.99. The first kappa shape index (κ1) is 14.9. The first-order valence-corrected chi connectivity index (χ1v) is 7.66. The van der Waals surface area contributed by atoms with Crippen LogP contribution in [-0.4, -0.2) is 18.7 Å². The molecule has 1 aromatic carbocycles. The van der Waals surface area contributed by atoms with E-state index in [0.717, 1.165) is 24.5 Å². The van der Waals surface area contributed by atoms with Crippen LogP contribution >= 0.6 is 0 Å². The van der Waals surface area contributed by atoms with Gasteiger partial charge in [-0.15, -0.1) is 0 Å². The number of benzene rings is 1. The van der Waals surface area contributed by atoms with Gasteiger partial charge in [-0.3, -0.25) is 0 Å². The predicted molar refractivity (Wildman–Crippen MR) is 79.1 cm³/mol. The molecule has 1 aliphatic carbocycles. The van der Waals surface area contributed by atoms with E-state index in [1.807, 2.05) is 19.1 Å². The fourth-order valence-electron chi connectivity index (χ4n) is 2.73. The molecule has 2 rings (SSSR count). The Kier molecular flexibility index (Phi) is 5.45. The van der Waals surface area contributed by atoms with Crippen LogP contribution in [0.5, 0.6) is 5.75 Å². The number of esters is 1. The fraction of sp³-hybridized carbons (Fsp3) is 0.588. The molecule has 0 aliphatic heterocycles. The number of carbonyl (C=O) groups excluding carboxylic acids is 1. The summed E-state index contributed by atoms with van der Waals surface area (Å²) in [6, 6.07) is 7.26. The van der Waals surface area contributed by atoms with Gasteiger partial charge in [0, 0.05) is 0 Å². The molecule has 1 fully saturated rings. The monoisotopic (exact) mass is 276 g/mol. The third-order valence-corrected chi connectivity index (χ3v) is 4.04. The molecule has 0 heterocycles. The molecule has 0 radical (unpaired) electrons. The van der Waals surface area contributed by atoms with Crippen LogP contribution in [0.1, 0.15) is 56.3 Å². The zero-order chi connectivity index (χ0) is 14.4. The van der Waals surface area contributed by atoms with Crippen molar-refractivity contribution in [3.05, 3.63) is 29.8 Å². The Bertz CT molecular complexity index is 416. The second-order valence-corrected chi connectivity index (χ2v) is 5.41. The van der Waals surface area contributed by atoms with Gasteiger partial charge in [0.2, 0.25) is 0 Å². The van der Waals surface area contributed by atoms with Crippen LogP contribution in [0.25, 0.3) is 0 Å². The first-order chi connectivity index (χ1) is 9.72. The van der Waals surface area contributed by atoms with Crippen molar-refractivity contribution in [3.8, 4) is 5.75 Å². The Morgan fingerprint density at radius 3 is 2.30 bits per heavy atom. The smallest absolute Gasteiger partial charge is 0.338 e. The summed E-state index contributed by atoms with van der Waals surface area (Å²) in [4.78, 5) is 11.6. The molecule has 1 aliphatic rings. The van der Waals surface area contributed by atoms with Crippen LogP contribution in [-0.2, 0) is 4.74 Å². The molecule has 110 valence electrons. The minimum atomic E-state index is -0.275. The zero-order valence-corrected chi connectivity index (χ0v) is 12.4. The van der Waals surface area contributed by atoms with E-state index in [9.17, 15) is 4.79 Å². The number of hydrogen-bond donors (Lipinski definition) is 0. The first-order valence-electron chi connectivity index (χ1n) is 7.66. The summed E-state index contributed by atoms with van der Waals surface area (Å²) in [5.41, 5.74) is 0.578. The molecule has 0 N–H and O–H groups in total. The quantitative estimate of drug-likeness (QED) is 0.756. The molecule has 1 saturated carbocycles. The highest BCUT2D eigenvalue weighted by atomic mass is 16.5. The maximum Gasteiger partial charge on any atom is 0.338 e. The van der Waals surface area contributed by atoms with E-state index in [2.05, 4.69) is 6.92 Å². The molecule has 3 heteroatoms. The SMILES string of the molecule is CCOC(=O)c1ccc(OC2CCC(CC)CC2)cc1. The van der Waals surface area contributed by atoms with Gasteiger partial charge in [0.05, 0.1) is 18.3 Å². The largest absolute Gasteiger partial charge is 0.490 e. The molecule has 0 aromatic heterocycles. The van der Waals surface area contributed by atoms with Crippen LogP contribution in [0.4, 0.5) is 0 Å². The van der Waals surface area contributed by atoms with Gasteiger partial charge < -0.3 is 9.47 Å². The Balaban J connectivity index is 1.86. The average Bonchev–Trinajstić information content (AvgIpc) is 2.49. The van der Waals surface area contributed by atoms with Crippen molar-refractivity contribution in [3.63, 3.8) is 0 Å². The fourth-order valence-corrected chi connectivity index (χ4v) is 2.73. The van der Waals surface area contributed by atoms with Crippen molar-refractivity contribution in [2.75, 3.05) is 6.61 Å². The van der Waals surface area contributed by atoms with Gasteiger partial charge in [0.25, 0.3) is 0 Å². The van der Waals surface area contributed by atoms with Gasteiger partial charge in [-0.25, -0.2) is 4.79 Å². The highest BCUT2D eigenvalue weighted by Gasteiger charge is 2.21. The van der Waals surface area contributed by atoms with Gasteiger partial charge in [-0.05, 0) is 62.8 Å². The molecular formula is C17H24O3. The molecule has 0 amide bonds. The lowest BCUT2D eigenvalue weighted by atomic mass is 9.86. The molecule has 1 aromatic rings. The lowest BCUT2D eigenvalue weighted by molar-refractivity contribution is 0.0526. The standard InChI is InChI=1S/C17H24O3/c1-3-13-5-9-15(10-6-13)20-16-11-7-14(8-12-16)17(18)19-4-2/h7-8,11-13,15H,3-6,9-10H2,1-2H3. The predicted octanol–water partition coefficient (Wildman–Crippen LogP) is 4.21. The van der Waals surface area contributed by atoms with E-state index in [0.29, 0.717) is 18.3 Å². The molecule has 0 bridgehead atoms. The minimum absolute atomic E-state index is 0.275. The molecule has 0 spiro atoms. The molecular weight excluding hydrogens is 252 g/mol. The summed E-state index contributed by atoms with van der Waals surface area (Å²) in [6.45, 7) is 4.47. The summed E-state index contributed by atoms with van der Waals surface area (Å²) in [6.07, 6.45) is 6.41. The Labute approximate surface area is 121 Å². The Morgan fingerprint density at radius 1 is 1.10 bits per heavy atom. The third-order valence-electron chi connectivity index (χ3n) is 4.04. The highest BCUT2D eigenvalue weighted by Crippen LogP contribution is 2.29. The van der Waals surface area contributed by atoms with Crippen molar-refractivity contribution in [1.29, 1.82) is 0 Å². The van der Waals surface area contributed by atoms with Crippen molar-refractivity contribution < 1.29 is 14.3 Å². The van der Waals surface area contributed by atoms with Crippen molar-refractivity contribution >= 4 is 5.97 Å². The maximum absolute atomic E-state index is 11.6. The normalized spacial score (nSPS) is 22.3. The van der Waals surface area contributed by atoms with Crippen LogP contribution in [0.3, 0.4) is 0 Å². The molecule has 0 unspecified atom stereocenters. The summed E-state index contributed by atoms with van der Waals surface area (Å²) < 4.78 is 11.0. The number of rotatable bonds is 5. The van der Waals surface area contributed by atoms with Crippen LogP contribution < -0.4 is 4.74 Å². The van der Waals surface area contributed by atoms with Crippen LogP contribution in [0.15, 0.2) is 24.3 Å². The van der Waals surface area contributed by atoms with E-state index in [-0.39, 0.29) is 5.97 Å². The zero-order valence-electron chi connectivity index (χ0n) is 12.4. The Hall–Kier alpha value is -1.51. The molecule has 0 atom stereocenters. The lowest BCUT2D eigenvalue weighted by Crippen LogP contribution is -2.23. The highest BCUT2D eigenvalue weighted by molar-refractivity contribution is 5.89. The summed E-state index contributed by atoms with van der Waals surface area (Å²) in [5, 5.41) is 0. The maximum atomic E-state index is 11.6. The molecule has 3 nitrogen and oxygen atoms in total. The van der Waals surface area contributed by atoms with E-state index in [1.165, 1.54) is 19.3 Å². The van der Waals surface area contributed by atoms with Gasteiger partial charge in [-0.1, -0.05) is 13.3 Å². The van der Waals surface area contributed by atoms with Crippen molar-refractivity contribution in [1.82, 2.24) is 0 Å². The summed E-state index contributed by atoms with van der Waals surface area (Å²) in [5.74, 6) is 1.45. The van der Waals surface area contributed by atoms with Crippen LogP contribution in [0.2, 0.25) is 0 Å². The van der Waals surface area contributed by atoms with Gasteiger partial charge in [0.15, 0.2) is 0 Å². The van der Waals surface area contributed by atoms with Gasteiger partial charge >= 0.3 is 5.97 Å². The summed E-state index contributed by atoms with van der Waals surface area (Å²) in [7, 11) is 0. The van der Waals surface area contributed by atoms with E-state index in [1.54, 1.807) is 12.1 Å². The van der Waals surface area contributed by atoms with Crippen LogP contribution in [0, 0.1) is 5.92 Å². The van der Waals surface area contributed by atoms with Gasteiger partial charge in [-0.2, -0.15) is 0 Å². The van der Waals surface area contributed by atoms with E-state index in [4.69, 9.17) is 9.47 Å². The molecule has 0 saturated heterocycles. The second-order valence-electron chi connectivity index (χ2n) is 5.41. The number of ether oxygens (including phenoxy) is 2. The summed E-state index contributed by atoms with van der Waals surface area (Å²) >= 11 is 0. The second kappa shape index (κ2) is 7.32. The minimum Gasteiger partial charge on any atom is -0.490 e. The lowest BCUT2D eigenvalue weighted by Gasteiger charge is -2.28. The number of carbonyl (C=O) groups is 1. The number of hydrogen-bond acceptors (Lipinski definition) is 3. The van der Waals surface area contributed by atoms with Gasteiger partial charge in [0.1, 0.15) is 5.75 Å².